The van der Waals surface area contributed by atoms with Crippen molar-refractivity contribution in [2.75, 3.05) is 6.61 Å². The molecule has 1 heterocycles. The van der Waals surface area contributed by atoms with Crippen molar-refractivity contribution in [2.45, 2.75) is 29.0 Å². The number of rotatable bonds is 2. The number of carbonyl (C=O) groups excluding carboxylic acids is 2. The minimum absolute atomic E-state index is 0.139. The summed E-state index contributed by atoms with van der Waals surface area (Å²) in [5.74, 6) is -1.07. The van der Waals surface area contributed by atoms with Crippen molar-refractivity contribution in [3.8, 4) is 0 Å². The Morgan fingerprint density at radius 2 is 1.67 bits per heavy atom. The van der Waals surface area contributed by atoms with Crippen LogP contribution in [0.25, 0.3) is 0 Å². The monoisotopic (exact) mass is 375 g/mol. The average molecular weight is 377 g/mol. The molecule has 0 saturated carbocycles. The zero-order valence-electron chi connectivity index (χ0n) is 11.2. The number of alkyl halides is 3. The highest BCUT2D eigenvalue weighted by molar-refractivity contribution is 8.03. The van der Waals surface area contributed by atoms with Crippen LogP contribution in [0.2, 0.25) is 0 Å². The lowest BCUT2D eigenvalue weighted by Crippen LogP contribution is -2.26. The van der Waals surface area contributed by atoms with Gasteiger partial charge >= 0.3 is 0 Å². The third kappa shape index (κ3) is 5.62. The Bertz CT molecular complexity index is 399. The molecular formula is C12H16Cl3NO4S. The van der Waals surface area contributed by atoms with Crippen LogP contribution in [0.3, 0.4) is 0 Å². The Labute approximate surface area is 142 Å². The molecule has 0 aromatic rings. The number of allylic oxidation sites excluding steroid dienone is 2. The van der Waals surface area contributed by atoms with E-state index in [0.29, 0.717) is 24.8 Å². The van der Waals surface area contributed by atoms with Gasteiger partial charge < -0.3 is 10.2 Å². The van der Waals surface area contributed by atoms with Gasteiger partial charge in [-0.1, -0.05) is 47.0 Å². The number of hydrogen-bond donors (Lipinski definition) is 2. The van der Waals surface area contributed by atoms with E-state index in [4.69, 9.17) is 45.0 Å². The van der Waals surface area contributed by atoms with Crippen molar-refractivity contribution in [2.24, 2.45) is 11.8 Å². The number of aliphatic hydroxyl groups is 2. The number of amides is 2. The normalized spacial score (nSPS) is 26.3. The van der Waals surface area contributed by atoms with Crippen molar-refractivity contribution in [3.05, 3.63) is 12.2 Å². The van der Waals surface area contributed by atoms with Gasteiger partial charge in [0.2, 0.25) is 11.8 Å². The third-order valence-corrected chi connectivity index (χ3v) is 4.30. The van der Waals surface area contributed by atoms with E-state index in [1.165, 1.54) is 6.92 Å². The maximum Gasteiger partial charge on any atom is 0.256 e. The predicted molar refractivity (Wildman–Crippen MR) is 83.9 cm³/mol. The lowest BCUT2D eigenvalue weighted by Gasteiger charge is -2.17. The zero-order chi connectivity index (χ0) is 16.2. The summed E-state index contributed by atoms with van der Waals surface area (Å²) in [5, 5.41) is 16.0. The number of fused-ring (bicyclic) bond motifs is 1. The first-order valence-electron chi connectivity index (χ1n) is 6.25. The first-order chi connectivity index (χ1) is 9.67. The predicted octanol–water partition coefficient (Wildman–Crippen LogP) is 2.27. The maximum absolute atomic E-state index is 11.9. The summed E-state index contributed by atoms with van der Waals surface area (Å²) < 4.78 is -0.693. The van der Waals surface area contributed by atoms with Crippen LogP contribution in [0.15, 0.2) is 12.2 Å². The molecule has 2 amide bonds. The quantitative estimate of drug-likeness (QED) is 0.334. The van der Waals surface area contributed by atoms with E-state index in [9.17, 15) is 9.59 Å². The van der Waals surface area contributed by atoms with Gasteiger partial charge in [0.05, 0.1) is 24.5 Å². The van der Waals surface area contributed by atoms with Crippen LogP contribution in [-0.4, -0.2) is 42.2 Å². The molecule has 21 heavy (non-hydrogen) atoms. The molecule has 3 unspecified atom stereocenters. The lowest BCUT2D eigenvalue weighted by atomic mass is 9.85. The van der Waals surface area contributed by atoms with Gasteiger partial charge in [-0.25, -0.2) is 4.31 Å². The van der Waals surface area contributed by atoms with E-state index in [1.807, 2.05) is 12.2 Å². The summed E-state index contributed by atoms with van der Waals surface area (Å²) >= 11 is 17.4. The van der Waals surface area contributed by atoms with Gasteiger partial charge in [0.15, 0.2) is 0 Å². The molecular weight excluding hydrogens is 361 g/mol. The Balaban J connectivity index is 0.000000383. The second-order valence-electron chi connectivity index (χ2n) is 4.70. The molecule has 0 aromatic heterocycles. The molecule has 1 fully saturated rings. The highest BCUT2D eigenvalue weighted by atomic mass is 35.6. The summed E-state index contributed by atoms with van der Waals surface area (Å²) in [6.45, 7) is 1.39. The van der Waals surface area contributed by atoms with E-state index >= 15 is 0 Å². The smallest absolute Gasteiger partial charge is 0.256 e. The molecule has 2 N–H and O–H groups in total. The van der Waals surface area contributed by atoms with E-state index in [2.05, 4.69) is 0 Å². The second-order valence-corrected chi connectivity index (χ2v) is 8.81. The summed E-state index contributed by atoms with van der Waals surface area (Å²) in [7, 11) is 0. The number of halogens is 3. The van der Waals surface area contributed by atoms with Gasteiger partial charge in [-0.15, -0.1) is 0 Å². The first kappa shape index (κ1) is 19.1. The van der Waals surface area contributed by atoms with Crippen LogP contribution in [0.5, 0.6) is 0 Å². The Hall–Kier alpha value is 0.0200. The molecule has 9 heteroatoms. The van der Waals surface area contributed by atoms with E-state index < -0.39 is 9.23 Å². The van der Waals surface area contributed by atoms with Crippen molar-refractivity contribution in [3.63, 3.8) is 0 Å². The largest absolute Gasteiger partial charge is 0.394 e. The summed E-state index contributed by atoms with van der Waals surface area (Å²) in [5.41, 5.74) is 0. The first-order valence-corrected chi connectivity index (χ1v) is 8.15. The van der Waals surface area contributed by atoms with Gasteiger partial charge in [-0.3, -0.25) is 9.59 Å². The molecule has 3 atom stereocenters. The summed E-state index contributed by atoms with van der Waals surface area (Å²) in [6, 6.07) is 0. The molecule has 0 spiro atoms. The molecule has 1 aliphatic heterocycles. The molecule has 0 aromatic carbocycles. The minimum Gasteiger partial charge on any atom is -0.394 e. The molecule has 1 saturated heterocycles. The Morgan fingerprint density at radius 1 is 1.29 bits per heavy atom. The Morgan fingerprint density at radius 3 is 1.95 bits per heavy atom. The van der Waals surface area contributed by atoms with Crippen molar-refractivity contribution >= 4 is 58.6 Å². The van der Waals surface area contributed by atoms with Crippen molar-refractivity contribution < 1.29 is 19.8 Å². The van der Waals surface area contributed by atoms with Gasteiger partial charge in [0, 0.05) is 11.9 Å². The molecule has 2 rings (SSSR count). The van der Waals surface area contributed by atoms with Crippen LogP contribution in [0.1, 0.15) is 19.8 Å². The minimum atomic E-state index is -1.69. The summed E-state index contributed by atoms with van der Waals surface area (Å²) in [6.07, 6.45) is 4.44. The molecule has 2 aliphatic rings. The maximum atomic E-state index is 11.9. The third-order valence-electron chi connectivity index (χ3n) is 2.93. The number of hydrogen-bond acceptors (Lipinski definition) is 5. The van der Waals surface area contributed by atoms with Crippen LogP contribution < -0.4 is 0 Å². The van der Waals surface area contributed by atoms with E-state index in [0.717, 1.165) is 4.31 Å². The zero-order valence-corrected chi connectivity index (χ0v) is 14.3. The van der Waals surface area contributed by atoms with Crippen LogP contribution in [-0.2, 0) is 9.59 Å². The molecule has 0 radical (unpaired) electrons. The molecule has 5 nitrogen and oxygen atoms in total. The fraction of sp³-hybridized carbons (Fsp3) is 0.667. The standard InChI is InChI=1S/C9H8Cl3NO2S.C3H8O2/c10-9(11,12)16-13-7(14)5-3-1-2-4-6(5)8(13)15;1-3(5)2-4/h1-2,5-6H,3-4H2;3-5H,2H2,1H3. The highest BCUT2D eigenvalue weighted by Gasteiger charge is 2.49. The lowest BCUT2D eigenvalue weighted by molar-refractivity contribution is -0.133. The van der Waals surface area contributed by atoms with Gasteiger partial charge in [-0.05, 0) is 19.8 Å². The number of carbonyl (C=O) groups is 2. The van der Waals surface area contributed by atoms with E-state index in [-0.39, 0.29) is 30.3 Å². The van der Waals surface area contributed by atoms with Gasteiger partial charge in [0.25, 0.3) is 3.12 Å². The van der Waals surface area contributed by atoms with Crippen molar-refractivity contribution in [1.82, 2.24) is 4.31 Å². The van der Waals surface area contributed by atoms with Crippen LogP contribution in [0, 0.1) is 11.8 Å². The van der Waals surface area contributed by atoms with Crippen LogP contribution in [0.4, 0.5) is 0 Å². The molecule has 0 bridgehead atoms. The Kier molecular flexibility index (Phi) is 7.30. The topological polar surface area (TPSA) is 77.8 Å². The second kappa shape index (κ2) is 8.04. The van der Waals surface area contributed by atoms with Gasteiger partial charge in [0.1, 0.15) is 0 Å². The van der Waals surface area contributed by atoms with Crippen molar-refractivity contribution in [1.29, 1.82) is 0 Å². The average Bonchev–Trinajstić information content (AvgIpc) is 2.64. The SMILES string of the molecule is CC(O)CO.O=C1C2CC=CCC2C(=O)N1SC(Cl)(Cl)Cl. The highest BCUT2D eigenvalue weighted by Crippen LogP contribution is 2.46. The molecule has 1 aliphatic carbocycles. The number of aliphatic hydroxyl groups excluding tert-OH is 2. The van der Waals surface area contributed by atoms with Crippen LogP contribution >= 0.6 is 46.8 Å². The fourth-order valence-electron chi connectivity index (χ4n) is 1.96. The fourth-order valence-corrected chi connectivity index (χ4v) is 3.24. The van der Waals surface area contributed by atoms with E-state index in [1.54, 1.807) is 0 Å². The van der Waals surface area contributed by atoms with Gasteiger partial charge in [-0.2, -0.15) is 0 Å². The summed E-state index contributed by atoms with van der Waals surface area (Å²) in [4.78, 5) is 23.8. The number of imide groups is 1. The number of nitrogens with zero attached hydrogens (tertiary/aromatic N) is 1. The molecule has 120 valence electrons.